The predicted octanol–water partition coefficient (Wildman–Crippen LogP) is 5.53. The Bertz CT molecular complexity index is 1130. The van der Waals surface area contributed by atoms with Gasteiger partial charge in [0.2, 0.25) is 0 Å². The molecule has 6 nitrogen and oxygen atoms in total. The first-order valence-corrected chi connectivity index (χ1v) is 10.7. The fraction of sp³-hybridized carbons (Fsp3) is 0.280. The lowest BCUT2D eigenvalue weighted by molar-refractivity contribution is -0.147. The quantitative estimate of drug-likeness (QED) is 0.457. The summed E-state index contributed by atoms with van der Waals surface area (Å²) < 4.78 is 23.0. The second-order valence-electron chi connectivity index (χ2n) is 7.26. The SMILES string of the molecule is CCOC(=O)C[C@@H]1O[C@@H](c2cccc(OC)c2OC)c2cc(Cl)ccc2-c2cccnc21. The standard InChI is InChI=1S/C25H24ClNO5/c1-4-31-22(28)14-21-23-17(8-6-12-27-23)16-11-10-15(26)13-19(16)24(32-21)18-7-5-9-20(29-2)25(18)30-3/h5-13,21,24H,4,14H2,1-3H3/t21-,24-/m0/s1. The van der Waals surface area contributed by atoms with E-state index in [-0.39, 0.29) is 12.4 Å². The van der Waals surface area contributed by atoms with Crippen LogP contribution in [0.25, 0.3) is 11.1 Å². The highest BCUT2D eigenvalue weighted by Crippen LogP contribution is 2.48. The molecule has 4 rings (SSSR count). The zero-order chi connectivity index (χ0) is 22.7. The van der Waals surface area contributed by atoms with Gasteiger partial charge in [0, 0.05) is 22.3 Å². The summed E-state index contributed by atoms with van der Waals surface area (Å²) in [6.45, 7) is 2.07. The summed E-state index contributed by atoms with van der Waals surface area (Å²) in [6, 6.07) is 15.1. The van der Waals surface area contributed by atoms with Gasteiger partial charge in [0.15, 0.2) is 11.5 Å². The molecule has 0 spiro atoms. The molecule has 0 radical (unpaired) electrons. The van der Waals surface area contributed by atoms with Gasteiger partial charge in [-0.15, -0.1) is 0 Å². The Morgan fingerprint density at radius 2 is 1.91 bits per heavy atom. The van der Waals surface area contributed by atoms with Crippen LogP contribution in [0, 0.1) is 0 Å². The Balaban J connectivity index is 1.93. The smallest absolute Gasteiger partial charge is 0.308 e. The fourth-order valence-electron chi connectivity index (χ4n) is 4.08. The molecular weight excluding hydrogens is 430 g/mol. The van der Waals surface area contributed by atoms with E-state index in [1.54, 1.807) is 27.3 Å². The van der Waals surface area contributed by atoms with Crippen LogP contribution >= 0.6 is 11.6 Å². The number of methoxy groups -OCH3 is 2. The molecule has 0 unspecified atom stereocenters. The molecular formula is C25H24ClNO5. The second-order valence-corrected chi connectivity index (χ2v) is 7.70. The molecule has 2 aromatic carbocycles. The Hall–Kier alpha value is -3.09. The third kappa shape index (κ3) is 4.16. The van der Waals surface area contributed by atoms with Gasteiger partial charge in [-0.05, 0) is 42.3 Å². The Labute approximate surface area is 192 Å². The van der Waals surface area contributed by atoms with Gasteiger partial charge in [-0.25, -0.2) is 0 Å². The summed E-state index contributed by atoms with van der Waals surface area (Å²) in [5, 5.41) is 0.577. The van der Waals surface area contributed by atoms with Crippen LogP contribution < -0.4 is 9.47 Å². The highest BCUT2D eigenvalue weighted by molar-refractivity contribution is 6.30. The third-order valence-electron chi connectivity index (χ3n) is 5.40. The van der Waals surface area contributed by atoms with Crippen LogP contribution in [0.4, 0.5) is 0 Å². The number of carbonyl (C=O) groups excluding carboxylic acids is 1. The summed E-state index contributed by atoms with van der Waals surface area (Å²) in [5.74, 6) is 0.785. The molecule has 1 aliphatic heterocycles. The van der Waals surface area contributed by atoms with Crippen LogP contribution in [0.15, 0.2) is 54.7 Å². The topological polar surface area (TPSA) is 66.9 Å². The van der Waals surface area contributed by atoms with Crippen LogP contribution in [0.5, 0.6) is 11.5 Å². The number of hydrogen-bond acceptors (Lipinski definition) is 6. The van der Waals surface area contributed by atoms with E-state index in [0.29, 0.717) is 28.8 Å². The van der Waals surface area contributed by atoms with Gasteiger partial charge in [-0.2, -0.15) is 0 Å². The van der Waals surface area contributed by atoms with Crippen molar-refractivity contribution in [2.24, 2.45) is 0 Å². The van der Waals surface area contributed by atoms with Crippen molar-refractivity contribution in [3.05, 3.63) is 76.6 Å². The lowest BCUT2D eigenvalue weighted by Crippen LogP contribution is -2.17. The first-order chi connectivity index (χ1) is 15.6. The number of halogens is 1. The Kier molecular flexibility index (Phi) is 6.63. The van der Waals surface area contributed by atoms with Crippen molar-refractivity contribution in [1.82, 2.24) is 4.98 Å². The molecule has 0 saturated carbocycles. The molecule has 2 heterocycles. The molecule has 166 valence electrons. The summed E-state index contributed by atoms with van der Waals surface area (Å²) in [5.41, 5.74) is 4.10. The van der Waals surface area contributed by atoms with Crippen molar-refractivity contribution < 1.29 is 23.7 Å². The molecule has 7 heteroatoms. The van der Waals surface area contributed by atoms with Crippen LogP contribution in [0.3, 0.4) is 0 Å². The van der Waals surface area contributed by atoms with E-state index < -0.39 is 12.2 Å². The van der Waals surface area contributed by atoms with Crippen molar-refractivity contribution >= 4 is 17.6 Å². The van der Waals surface area contributed by atoms with E-state index >= 15 is 0 Å². The normalized spacial score (nSPS) is 17.0. The second kappa shape index (κ2) is 9.59. The number of fused-ring (bicyclic) bond motifs is 3. The van der Waals surface area contributed by atoms with E-state index in [2.05, 4.69) is 4.98 Å². The molecule has 32 heavy (non-hydrogen) atoms. The number of benzene rings is 2. The number of nitrogens with zero attached hydrogens (tertiary/aromatic N) is 1. The van der Waals surface area contributed by atoms with Gasteiger partial charge < -0.3 is 18.9 Å². The van der Waals surface area contributed by atoms with E-state index in [1.165, 1.54) is 0 Å². The fourth-order valence-corrected chi connectivity index (χ4v) is 4.26. The molecule has 0 bridgehead atoms. The van der Waals surface area contributed by atoms with Gasteiger partial charge in [0.25, 0.3) is 0 Å². The highest BCUT2D eigenvalue weighted by atomic mass is 35.5. The minimum Gasteiger partial charge on any atom is -0.493 e. The molecule has 0 N–H and O–H groups in total. The van der Waals surface area contributed by atoms with Gasteiger partial charge in [0.1, 0.15) is 12.2 Å². The predicted molar refractivity (Wildman–Crippen MR) is 121 cm³/mol. The number of esters is 1. The number of ether oxygens (including phenoxy) is 4. The molecule has 0 aliphatic carbocycles. The molecule has 3 aromatic rings. The Morgan fingerprint density at radius 3 is 2.66 bits per heavy atom. The maximum atomic E-state index is 12.4. The lowest BCUT2D eigenvalue weighted by Gasteiger charge is -2.25. The lowest BCUT2D eigenvalue weighted by atomic mass is 9.92. The number of rotatable bonds is 6. The molecule has 0 saturated heterocycles. The van der Waals surface area contributed by atoms with Crippen molar-refractivity contribution in [2.45, 2.75) is 25.6 Å². The summed E-state index contributed by atoms with van der Waals surface area (Å²) in [7, 11) is 3.17. The number of hydrogen-bond donors (Lipinski definition) is 0. The first-order valence-electron chi connectivity index (χ1n) is 10.3. The average Bonchev–Trinajstić information content (AvgIpc) is 2.93. The minimum absolute atomic E-state index is 0.0301. The van der Waals surface area contributed by atoms with Crippen LogP contribution in [-0.4, -0.2) is 31.8 Å². The molecule has 1 aromatic heterocycles. The van der Waals surface area contributed by atoms with Crippen molar-refractivity contribution in [1.29, 1.82) is 0 Å². The zero-order valence-corrected chi connectivity index (χ0v) is 18.9. The van der Waals surface area contributed by atoms with E-state index in [1.807, 2.05) is 48.5 Å². The number of pyridine rings is 1. The maximum absolute atomic E-state index is 12.4. The van der Waals surface area contributed by atoms with Gasteiger partial charge in [-0.1, -0.05) is 35.9 Å². The zero-order valence-electron chi connectivity index (χ0n) is 18.1. The van der Waals surface area contributed by atoms with E-state index in [4.69, 9.17) is 30.5 Å². The summed E-state index contributed by atoms with van der Waals surface area (Å²) in [4.78, 5) is 17.0. The minimum atomic E-state index is -0.627. The largest absolute Gasteiger partial charge is 0.493 e. The molecule has 0 amide bonds. The number of carbonyl (C=O) groups is 1. The van der Waals surface area contributed by atoms with Gasteiger partial charge in [0.05, 0.1) is 32.9 Å². The summed E-state index contributed by atoms with van der Waals surface area (Å²) >= 11 is 6.40. The van der Waals surface area contributed by atoms with Crippen LogP contribution in [0.1, 0.15) is 42.4 Å². The van der Waals surface area contributed by atoms with E-state index in [0.717, 1.165) is 22.3 Å². The molecule has 1 aliphatic rings. The van der Waals surface area contributed by atoms with Crippen LogP contribution in [-0.2, 0) is 14.3 Å². The van der Waals surface area contributed by atoms with Gasteiger partial charge in [-0.3, -0.25) is 9.78 Å². The Morgan fingerprint density at radius 1 is 1.06 bits per heavy atom. The number of para-hydroxylation sites is 1. The highest BCUT2D eigenvalue weighted by Gasteiger charge is 2.34. The van der Waals surface area contributed by atoms with Gasteiger partial charge >= 0.3 is 5.97 Å². The number of aromatic nitrogens is 1. The van der Waals surface area contributed by atoms with Crippen LogP contribution in [0.2, 0.25) is 5.02 Å². The first kappa shape index (κ1) is 22.1. The van der Waals surface area contributed by atoms with E-state index in [9.17, 15) is 4.79 Å². The van der Waals surface area contributed by atoms with Crippen molar-refractivity contribution in [3.8, 4) is 22.6 Å². The molecule has 0 fully saturated rings. The average molecular weight is 454 g/mol. The maximum Gasteiger partial charge on any atom is 0.308 e. The summed E-state index contributed by atoms with van der Waals surface area (Å²) in [6.07, 6.45) is 0.518. The molecule has 2 atom stereocenters. The van der Waals surface area contributed by atoms with Crippen molar-refractivity contribution in [3.63, 3.8) is 0 Å². The monoisotopic (exact) mass is 453 g/mol. The third-order valence-corrected chi connectivity index (χ3v) is 5.64. The van der Waals surface area contributed by atoms with Crippen molar-refractivity contribution in [2.75, 3.05) is 20.8 Å².